The quantitative estimate of drug-likeness (QED) is 0.761. The molecule has 0 saturated heterocycles. The fourth-order valence-electron chi connectivity index (χ4n) is 1.43. The van der Waals surface area contributed by atoms with Gasteiger partial charge in [0, 0.05) is 38.6 Å². The molecular weight excluding hydrogens is 243 g/mol. The van der Waals surface area contributed by atoms with Crippen LogP contribution in [-0.2, 0) is 6.54 Å². The molecule has 3 nitrogen and oxygen atoms in total. The van der Waals surface area contributed by atoms with Crippen LogP contribution >= 0.6 is 0 Å². The lowest BCUT2D eigenvalue weighted by atomic mass is 10.3. The van der Waals surface area contributed by atoms with Gasteiger partial charge in [0.05, 0.1) is 6.42 Å². The Bertz CT molecular complexity index is 327. The highest BCUT2D eigenvalue weighted by molar-refractivity contribution is 5.07. The van der Waals surface area contributed by atoms with Gasteiger partial charge in [-0.25, -0.2) is 0 Å². The zero-order valence-corrected chi connectivity index (χ0v) is 10.4. The fraction of sp³-hybridized carbons (Fsp3) is 0.583. The average molecular weight is 261 g/mol. The SMILES string of the molecule is CN(CCNCc1cccnc1)CCC(F)(F)F. The highest BCUT2D eigenvalue weighted by Crippen LogP contribution is 2.19. The van der Waals surface area contributed by atoms with Gasteiger partial charge in [0.15, 0.2) is 0 Å². The van der Waals surface area contributed by atoms with E-state index >= 15 is 0 Å². The van der Waals surface area contributed by atoms with Gasteiger partial charge >= 0.3 is 6.18 Å². The molecule has 0 radical (unpaired) electrons. The molecule has 0 bridgehead atoms. The average Bonchev–Trinajstić information content (AvgIpc) is 2.33. The Labute approximate surface area is 105 Å². The molecule has 0 fully saturated rings. The predicted molar refractivity (Wildman–Crippen MR) is 64.1 cm³/mol. The Morgan fingerprint density at radius 1 is 1.33 bits per heavy atom. The third-order valence-electron chi connectivity index (χ3n) is 2.50. The minimum absolute atomic E-state index is 0.0398. The van der Waals surface area contributed by atoms with Crippen LogP contribution < -0.4 is 5.32 Å². The Morgan fingerprint density at radius 2 is 2.11 bits per heavy atom. The summed E-state index contributed by atoms with van der Waals surface area (Å²) in [5.41, 5.74) is 1.07. The first-order valence-electron chi connectivity index (χ1n) is 5.82. The third kappa shape index (κ3) is 7.24. The number of alkyl halides is 3. The normalized spacial score (nSPS) is 12.1. The molecule has 0 aliphatic heterocycles. The van der Waals surface area contributed by atoms with E-state index in [0.29, 0.717) is 19.6 Å². The zero-order chi connectivity index (χ0) is 13.4. The summed E-state index contributed by atoms with van der Waals surface area (Å²) in [7, 11) is 1.69. The van der Waals surface area contributed by atoms with E-state index in [4.69, 9.17) is 0 Å². The first-order valence-corrected chi connectivity index (χ1v) is 5.82. The van der Waals surface area contributed by atoms with E-state index in [0.717, 1.165) is 5.56 Å². The highest BCUT2D eigenvalue weighted by atomic mass is 19.4. The van der Waals surface area contributed by atoms with Crippen LogP contribution in [0.15, 0.2) is 24.5 Å². The molecule has 0 aliphatic carbocycles. The topological polar surface area (TPSA) is 28.2 Å². The predicted octanol–water partition coefficient (Wildman–Crippen LogP) is 2.06. The van der Waals surface area contributed by atoms with Crippen molar-refractivity contribution in [3.05, 3.63) is 30.1 Å². The van der Waals surface area contributed by atoms with Crippen molar-refractivity contribution in [2.45, 2.75) is 19.1 Å². The van der Waals surface area contributed by atoms with E-state index < -0.39 is 12.6 Å². The first-order chi connectivity index (χ1) is 8.47. The van der Waals surface area contributed by atoms with Crippen LogP contribution in [0.2, 0.25) is 0 Å². The van der Waals surface area contributed by atoms with Crippen molar-refractivity contribution >= 4 is 0 Å². The largest absolute Gasteiger partial charge is 0.390 e. The second-order valence-corrected chi connectivity index (χ2v) is 4.21. The number of hydrogen-bond donors (Lipinski definition) is 1. The molecule has 0 amide bonds. The molecule has 1 rings (SSSR count). The van der Waals surface area contributed by atoms with Gasteiger partial charge in [-0.2, -0.15) is 13.2 Å². The second kappa shape index (κ2) is 7.33. The molecule has 102 valence electrons. The van der Waals surface area contributed by atoms with Crippen molar-refractivity contribution in [3.63, 3.8) is 0 Å². The van der Waals surface area contributed by atoms with Gasteiger partial charge < -0.3 is 10.2 Å². The van der Waals surface area contributed by atoms with Crippen LogP contribution in [0.4, 0.5) is 13.2 Å². The smallest absolute Gasteiger partial charge is 0.311 e. The van der Waals surface area contributed by atoms with Crippen LogP contribution in [0.1, 0.15) is 12.0 Å². The van der Waals surface area contributed by atoms with Gasteiger partial charge in [-0.1, -0.05) is 6.07 Å². The Hall–Kier alpha value is -1.14. The third-order valence-corrected chi connectivity index (χ3v) is 2.50. The molecule has 1 aromatic rings. The monoisotopic (exact) mass is 261 g/mol. The summed E-state index contributed by atoms with van der Waals surface area (Å²) in [4.78, 5) is 5.65. The highest BCUT2D eigenvalue weighted by Gasteiger charge is 2.26. The number of halogens is 3. The lowest BCUT2D eigenvalue weighted by Gasteiger charge is -2.17. The lowest BCUT2D eigenvalue weighted by molar-refractivity contribution is -0.137. The van der Waals surface area contributed by atoms with E-state index in [1.165, 1.54) is 0 Å². The number of aromatic nitrogens is 1. The maximum Gasteiger partial charge on any atom is 0.390 e. The van der Waals surface area contributed by atoms with Crippen molar-refractivity contribution in [2.24, 2.45) is 0 Å². The maximum atomic E-state index is 12.0. The summed E-state index contributed by atoms with van der Waals surface area (Å²) in [6.07, 6.45) is -1.36. The van der Waals surface area contributed by atoms with Crippen molar-refractivity contribution in [3.8, 4) is 0 Å². The Balaban J connectivity index is 2.07. The van der Waals surface area contributed by atoms with Crippen molar-refractivity contribution in [1.29, 1.82) is 0 Å². The van der Waals surface area contributed by atoms with Gasteiger partial charge in [-0.05, 0) is 18.7 Å². The number of nitrogens with zero attached hydrogens (tertiary/aromatic N) is 2. The Morgan fingerprint density at radius 3 is 2.72 bits per heavy atom. The van der Waals surface area contributed by atoms with Gasteiger partial charge in [0.25, 0.3) is 0 Å². The molecule has 0 aliphatic rings. The summed E-state index contributed by atoms with van der Waals surface area (Å²) in [5.74, 6) is 0. The van der Waals surface area contributed by atoms with E-state index in [1.807, 2.05) is 12.1 Å². The summed E-state index contributed by atoms with van der Waals surface area (Å²) < 4.78 is 35.9. The number of likely N-dealkylation sites (N-methyl/N-ethyl adjacent to an activating group) is 1. The molecule has 1 N–H and O–H groups in total. The van der Waals surface area contributed by atoms with Gasteiger partial charge in [-0.15, -0.1) is 0 Å². The van der Waals surface area contributed by atoms with Crippen LogP contribution in [0.5, 0.6) is 0 Å². The molecule has 0 spiro atoms. The van der Waals surface area contributed by atoms with E-state index in [1.54, 1.807) is 24.3 Å². The van der Waals surface area contributed by atoms with E-state index in [-0.39, 0.29) is 6.54 Å². The summed E-state index contributed by atoms with van der Waals surface area (Å²) in [6, 6.07) is 3.81. The van der Waals surface area contributed by atoms with Crippen molar-refractivity contribution < 1.29 is 13.2 Å². The van der Waals surface area contributed by atoms with Crippen LogP contribution in [0, 0.1) is 0 Å². The van der Waals surface area contributed by atoms with Crippen molar-refractivity contribution in [1.82, 2.24) is 15.2 Å². The van der Waals surface area contributed by atoms with Crippen LogP contribution in [-0.4, -0.2) is 42.7 Å². The van der Waals surface area contributed by atoms with E-state index in [2.05, 4.69) is 10.3 Å². The molecule has 0 saturated carbocycles. The number of pyridine rings is 1. The van der Waals surface area contributed by atoms with E-state index in [9.17, 15) is 13.2 Å². The number of nitrogens with one attached hydrogen (secondary N) is 1. The summed E-state index contributed by atoms with van der Waals surface area (Å²) >= 11 is 0. The number of hydrogen-bond acceptors (Lipinski definition) is 3. The van der Waals surface area contributed by atoms with Crippen LogP contribution in [0.3, 0.4) is 0 Å². The molecule has 18 heavy (non-hydrogen) atoms. The Kier molecular flexibility index (Phi) is 6.07. The standard InChI is InChI=1S/C12H18F3N3/c1-18(7-4-12(13,14)15)8-6-17-10-11-3-2-5-16-9-11/h2-3,5,9,17H,4,6-8,10H2,1H3. The van der Waals surface area contributed by atoms with Gasteiger partial charge in [0.2, 0.25) is 0 Å². The second-order valence-electron chi connectivity index (χ2n) is 4.21. The zero-order valence-electron chi connectivity index (χ0n) is 10.4. The first kappa shape index (κ1) is 14.9. The molecule has 0 aromatic carbocycles. The van der Waals surface area contributed by atoms with Gasteiger partial charge in [0.1, 0.15) is 0 Å². The van der Waals surface area contributed by atoms with Crippen molar-refractivity contribution in [2.75, 3.05) is 26.7 Å². The fourth-order valence-corrected chi connectivity index (χ4v) is 1.43. The molecular formula is C12H18F3N3. The lowest BCUT2D eigenvalue weighted by Crippen LogP contribution is -2.31. The molecule has 1 aromatic heterocycles. The maximum absolute atomic E-state index is 12.0. The molecule has 0 unspecified atom stereocenters. The minimum Gasteiger partial charge on any atom is -0.311 e. The minimum atomic E-state index is -4.07. The molecule has 0 atom stereocenters. The summed E-state index contributed by atoms with van der Waals surface area (Å²) in [6.45, 7) is 1.97. The number of rotatable bonds is 7. The van der Waals surface area contributed by atoms with Gasteiger partial charge in [-0.3, -0.25) is 4.98 Å². The summed E-state index contributed by atoms with van der Waals surface area (Å²) in [5, 5.41) is 3.17. The van der Waals surface area contributed by atoms with Crippen LogP contribution in [0.25, 0.3) is 0 Å². The molecule has 6 heteroatoms. The molecule has 1 heterocycles.